The van der Waals surface area contributed by atoms with Gasteiger partial charge in [-0.25, -0.2) is 9.19 Å². The molecule has 5 rings (SSSR count). The molecule has 0 radical (unpaired) electrons. The summed E-state index contributed by atoms with van der Waals surface area (Å²) in [7, 11) is 0.273. The van der Waals surface area contributed by atoms with Crippen LogP contribution in [0.3, 0.4) is 0 Å². The lowest BCUT2D eigenvalue weighted by molar-refractivity contribution is 0.126. The zero-order valence-corrected chi connectivity index (χ0v) is 20.8. The number of nitrogens with zero attached hydrogens (tertiary/aromatic N) is 2. The molecule has 4 N–H and O–H groups in total. The van der Waals surface area contributed by atoms with E-state index in [2.05, 4.69) is 20.8 Å². The van der Waals surface area contributed by atoms with Crippen LogP contribution in [-0.4, -0.2) is 43.8 Å². The van der Waals surface area contributed by atoms with Crippen molar-refractivity contribution < 1.29 is 14.1 Å². The van der Waals surface area contributed by atoms with Crippen LogP contribution in [0.2, 0.25) is 0 Å². The molecule has 1 fully saturated rings. The first-order valence-electron chi connectivity index (χ1n) is 12.0. The van der Waals surface area contributed by atoms with Gasteiger partial charge >= 0.3 is 0 Å². The van der Waals surface area contributed by atoms with E-state index >= 15 is 0 Å². The van der Waals surface area contributed by atoms with Gasteiger partial charge in [-0.3, -0.25) is 5.10 Å². The fourth-order valence-corrected chi connectivity index (χ4v) is 5.41. The molecular weight excluding hydrogens is 474 g/mol. The summed E-state index contributed by atoms with van der Waals surface area (Å²) >= 11 is 0. The van der Waals surface area contributed by atoms with E-state index in [-0.39, 0.29) is 12.1 Å². The van der Waals surface area contributed by atoms with Crippen LogP contribution in [0.4, 0.5) is 17.5 Å². The van der Waals surface area contributed by atoms with Crippen molar-refractivity contribution in [1.29, 1.82) is 0 Å². The minimum absolute atomic E-state index is 0.209. The van der Waals surface area contributed by atoms with Gasteiger partial charge in [-0.1, -0.05) is 18.2 Å². The van der Waals surface area contributed by atoms with Crippen molar-refractivity contribution in [2.75, 3.05) is 17.7 Å². The number of anilines is 3. The number of ether oxygens (including phenoxy) is 1. The van der Waals surface area contributed by atoms with Crippen molar-refractivity contribution in [3.8, 4) is 17.0 Å². The van der Waals surface area contributed by atoms with Crippen molar-refractivity contribution >= 4 is 28.3 Å². The summed E-state index contributed by atoms with van der Waals surface area (Å²) in [6, 6.07) is 22.8. The maximum Gasteiger partial charge on any atom is 0.153 e. The molecule has 2 aromatic carbocycles. The Morgan fingerprint density at radius 2 is 1.64 bits per heavy atom. The molecule has 0 amide bonds. The number of rotatable bonds is 8. The highest BCUT2D eigenvalue weighted by molar-refractivity contribution is 7.85. The topological polar surface area (TPSA) is 112 Å². The Kier molecular flexibility index (Phi) is 7.29. The minimum atomic E-state index is -1.37. The SMILES string of the molecule is COc1ccc(-c2cc(Nc3cc(S(=O)c4ccccc4)cc(NC4CCC(O)CC4)n3)n[nH]2)cc1. The number of aromatic nitrogens is 3. The van der Waals surface area contributed by atoms with Gasteiger partial charge in [-0.2, -0.15) is 5.10 Å². The average Bonchev–Trinajstić information content (AvgIpc) is 3.38. The van der Waals surface area contributed by atoms with Gasteiger partial charge < -0.3 is 20.5 Å². The second-order valence-corrected chi connectivity index (χ2v) is 10.3. The molecule has 186 valence electrons. The van der Waals surface area contributed by atoms with Gasteiger partial charge in [0.1, 0.15) is 17.4 Å². The van der Waals surface area contributed by atoms with Crippen LogP contribution in [0.25, 0.3) is 11.3 Å². The fourth-order valence-electron chi connectivity index (χ4n) is 4.30. The van der Waals surface area contributed by atoms with Crippen LogP contribution in [0.1, 0.15) is 25.7 Å². The summed E-state index contributed by atoms with van der Waals surface area (Å²) in [5.41, 5.74) is 1.83. The van der Waals surface area contributed by atoms with Crippen molar-refractivity contribution in [3.05, 3.63) is 72.8 Å². The third kappa shape index (κ3) is 5.75. The molecule has 1 unspecified atom stereocenters. The summed E-state index contributed by atoms with van der Waals surface area (Å²) < 4.78 is 18.6. The number of H-pyrrole nitrogens is 1. The van der Waals surface area contributed by atoms with Gasteiger partial charge in [0.2, 0.25) is 0 Å². The molecule has 9 heteroatoms. The van der Waals surface area contributed by atoms with Crippen LogP contribution in [0.15, 0.2) is 82.6 Å². The number of methoxy groups -OCH3 is 1. The summed E-state index contributed by atoms with van der Waals surface area (Å²) in [5, 5.41) is 24.0. The quantitative estimate of drug-likeness (QED) is 0.264. The zero-order valence-electron chi connectivity index (χ0n) is 20.0. The normalized spacial score (nSPS) is 18.4. The van der Waals surface area contributed by atoms with Gasteiger partial charge in [0.05, 0.1) is 34.6 Å². The van der Waals surface area contributed by atoms with E-state index in [0.29, 0.717) is 22.3 Å². The summed E-state index contributed by atoms with van der Waals surface area (Å²) in [5.74, 6) is 2.58. The Hall–Kier alpha value is -3.69. The molecule has 0 spiro atoms. The number of nitrogens with one attached hydrogen (secondary N) is 3. The molecule has 2 heterocycles. The molecular formula is C27H29N5O3S. The number of benzene rings is 2. The first kappa shape index (κ1) is 24.0. The molecule has 1 atom stereocenters. The summed E-state index contributed by atoms with van der Waals surface area (Å²) in [6.07, 6.45) is 3.02. The smallest absolute Gasteiger partial charge is 0.153 e. The number of aliphatic hydroxyl groups is 1. The summed E-state index contributed by atoms with van der Waals surface area (Å²) in [6.45, 7) is 0. The number of hydrogen-bond acceptors (Lipinski definition) is 7. The highest BCUT2D eigenvalue weighted by atomic mass is 32.2. The molecule has 2 aromatic heterocycles. The first-order valence-corrected chi connectivity index (χ1v) is 13.1. The molecule has 36 heavy (non-hydrogen) atoms. The second-order valence-electron chi connectivity index (χ2n) is 8.83. The highest BCUT2D eigenvalue weighted by Crippen LogP contribution is 2.28. The van der Waals surface area contributed by atoms with Crippen molar-refractivity contribution in [3.63, 3.8) is 0 Å². The number of aromatic amines is 1. The average molecular weight is 504 g/mol. The van der Waals surface area contributed by atoms with Crippen LogP contribution >= 0.6 is 0 Å². The van der Waals surface area contributed by atoms with E-state index in [1.54, 1.807) is 13.2 Å². The number of aliphatic hydroxyl groups excluding tert-OH is 1. The van der Waals surface area contributed by atoms with Gasteiger partial charge in [0, 0.05) is 17.0 Å². The Morgan fingerprint density at radius 1 is 0.917 bits per heavy atom. The van der Waals surface area contributed by atoms with Crippen molar-refractivity contribution in [2.24, 2.45) is 0 Å². The Morgan fingerprint density at radius 3 is 2.36 bits per heavy atom. The van der Waals surface area contributed by atoms with Gasteiger partial charge in [0.25, 0.3) is 0 Å². The lowest BCUT2D eigenvalue weighted by Gasteiger charge is -2.26. The van der Waals surface area contributed by atoms with E-state index in [1.807, 2.05) is 66.7 Å². The molecule has 8 nitrogen and oxygen atoms in total. The van der Waals surface area contributed by atoms with Gasteiger partial charge in [-0.05, 0) is 79.8 Å². The lowest BCUT2D eigenvalue weighted by Crippen LogP contribution is -2.28. The third-order valence-electron chi connectivity index (χ3n) is 6.25. The maximum atomic E-state index is 13.3. The Balaban J connectivity index is 1.40. The minimum Gasteiger partial charge on any atom is -0.497 e. The predicted octanol–water partition coefficient (Wildman–Crippen LogP) is 5.11. The lowest BCUT2D eigenvalue weighted by atomic mass is 9.93. The van der Waals surface area contributed by atoms with E-state index in [0.717, 1.165) is 47.6 Å². The first-order chi connectivity index (χ1) is 17.6. The van der Waals surface area contributed by atoms with E-state index < -0.39 is 10.8 Å². The monoisotopic (exact) mass is 503 g/mol. The highest BCUT2D eigenvalue weighted by Gasteiger charge is 2.20. The number of pyridine rings is 1. The van der Waals surface area contributed by atoms with Crippen LogP contribution in [0.5, 0.6) is 5.75 Å². The van der Waals surface area contributed by atoms with Gasteiger partial charge in [0.15, 0.2) is 5.82 Å². The van der Waals surface area contributed by atoms with E-state index in [1.165, 1.54) is 0 Å². The van der Waals surface area contributed by atoms with Crippen LogP contribution < -0.4 is 15.4 Å². The van der Waals surface area contributed by atoms with Crippen LogP contribution in [-0.2, 0) is 10.8 Å². The third-order valence-corrected chi connectivity index (χ3v) is 7.62. The maximum absolute atomic E-state index is 13.3. The van der Waals surface area contributed by atoms with Crippen LogP contribution in [0, 0.1) is 0 Å². The fraction of sp³-hybridized carbons (Fsp3) is 0.259. The molecule has 1 aliphatic carbocycles. The van der Waals surface area contributed by atoms with Crippen molar-refractivity contribution in [1.82, 2.24) is 15.2 Å². The molecule has 0 aliphatic heterocycles. The second kappa shape index (κ2) is 10.9. The molecule has 0 saturated heterocycles. The molecule has 0 bridgehead atoms. The summed E-state index contributed by atoms with van der Waals surface area (Å²) in [4.78, 5) is 6.10. The van der Waals surface area contributed by atoms with E-state index in [4.69, 9.17) is 9.72 Å². The molecule has 1 saturated carbocycles. The Labute approximate surface area is 212 Å². The predicted molar refractivity (Wildman–Crippen MR) is 141 cm³/mol. The zero-order chi connectivity index (χ0) is 24.9. The number of hydrogen-bond donors (Lipinski definition) is 4. The molecule has 4 aromatic rings. The van der Waals surface area contributed by atoms with Crippen molar-refractivity contribution in [2.45, 2.75) is 47.6 Å². The largest absolute Gasteiger partial charge is 0.497 e. The van der Waals surface area contributed by atoms with E-state index in [9.17, 15) is 9.32 Å². The standard InChI is InChI=1S/C27H29N5O3S/c1-35-21-13-7-18(8-14-21)24-17-27(32-31-24)30-26-16-23(36(34)22-5-3-2-4-6-22)15-25(29-26)28-19-9-11-20(33)12-10-19/h2-8,13-17,19-20,33H,9-12H2,1H3,(H3,28,29,30,31,32). The Bertz CT molecular complexity index is 1320. The van der Waals surface area contributed by atoms with Gasteiger partial charge in [-0.15, -0.1) is 0 Å². The molecule has 1 aliphatic rings.